The van der Waals surface area contributed by atoms with Gasteiger partial charge in [-0.25, -0.2) is 8.42 Å². The van der Waals surface area contributed by atoms with Crippen LogP contribution in [0.4, 0.5) is 5.69 Å². The maximum absolute atomic E-state index is 13.3. The highest BCUT2D eigenvalue weighted by Gasteiger charge is 2.25. The molecule has 0 saturated heterocycles. The van der Waals surface area contributed by atoms with Crippen molar-refractivity contribution in [2.45, 2.75) is 18.4 Å². The molecule has 0 unspecified atom stereocenters. The molecule has 128 valence electrons. The van der Waals surface area contributed by atoms with Gasteiger partial charge in [0.25, 0.3) is 10.0 Å². The number of para-hydroxylation sites is 1. The van der Waals surface area contributed by atoms with Gasteiger partial charge >= 0.3 is 0 Å². The maximum atomic E-state index is 13.3. The lowest BCUT2D eigenvalue weighted by Crippen LogP contribution is -2.30. The maximum Gasteiger partial charge on any atom is 0.264 e. The van der Waals surface area contributed by atoms with Crippen LogP contribution >= 0.6 is 11.6 Å². The van der Waals surface area contributed by atoms with Crippen LogP contribution < -0.4 is 4.31 Å². The van der Waals surface area contributed by atoms with Gasteiger partial charge in [-0.05, 0) is 42.3 Å². The smallest absolute Gasteiger partial charge is 0.262 e. The summed E-state index contributed by atoms with van der Waals surface area (Å²) in [5, 5.41) is 0.439. The number of sulfonamides is 1. The minimum Gasteiger partial charge on any atom is -0.262 e. The third-order valence-electron chi connectivity index (χ3n) is 3.94. The molecule has 0 fully saturated rings. The molecule has 0 heterocycles. The van der Waals surface area contributed by atoms with Gasteiger partial charge in [-0.1, -0.05) is 66.2 Å². The summed E-state index contributed by atoms with van der Waals surface area (Å²) in [6.45, 7) is 2.09. The number of rotatable bonds is 5. The number of hydrogen-bond donors (Lipinski definition) is 0. The van der Waals surface area contributed by atoms with Crippen molar-refractivity contribution in [3.63, 3.8) is 0 Å². The summed E-state index contributed by atoms with van der Waals surface area (Å²) in [5.74, 6) is 0. The Morgan fingerprint density at radius 3 is 2.08 bits per heavy atom. The Morgan fingerprint density at radius 2 is 1.48 bits per heavy atom. The highest BCUT2D eigenvalue weighted by molar-refractivity contribution is 7.92. The second kappa shape index (κ2) is 7.30. The van der Waals surface area contributed by atoms with Crippen molar-refractivity contribution >= 4 is 27.3 Å². The SMILES string of the molecule is Cc1ccc(S(=O)(=O)N(Cc2ccccc2)c2ccccc2)cc1Cl. The molecule has 0 amide bonds. The predicted octanol–water partition coefficient (Wildman–Crippen LogP) is 5.04. The first-order valence-electron chi connectivity index (χ1n) is 7.86. The first-order valence-corrected chi connectivity index (χ1v) is 9.68. The Kier molecular flexibility index (Phi) is 5.11. The Morgan fingerprint density at radius 1 is 0.880 bits per heavy atom. The third kappa shape index (κ3) is 3.86. The summed E-state index contributed by atoms with van der Waals surface area (Å²) in [7, 11) is -3.74. The first-order chi connectivity index (χ1) is 12.0. The molecule has 0 N–H and O–H groups in total. The Balaban J connectivity index is 2.08. The van der Waals surface area contributed by atoms with E-state index in [4.69, 9.17) is 11.6 Å². The molecule has 0 aliphatic rings. The van der Waals surface area contributed by atoms with E-state index >= 15 is 0 Å². The zero-order valence-electron chi connectivity index (χ0n) is 13.8. The van der Waals surface area contributed by atoms with E-state index in [2.05, 4.69) is 0 Å². The van der Waals surface area contributed by atoms with Crippen LogP contribution in [-0.4, -0.2) is 8.42 Å². The zero-order chi connectivity index (χ0) is 17.9. The average Bonchev–Trinajstić information content (AvgIpc) is 2.63. The second-order valence-electron chi connectivity index (χ2n) is 5.74. The van der Waals surface area contributed by atoms with Gasteiger partial charge in [0.15, 0.2) is 0 Å². The lowest BCUT2D eigenvalue weighted by atomic mass is 10.2. The lowest BCUT2D eigenvalue weighted by Gasteiger charge is -2.25. The number of aryl methyl sites for hydroxylation is 1. The van der Waals surface area contributed by atoms with Crippen molar-refractivity contribution in [3.8, 4) is 0 Å². The van der Waals surface area contributed by atoms with E-state index in [0.717, 1.165) is 11.1 Å². The quantitative estimate of drug-likeness (QED) is 0.629. The number of anilines is 1. The summed E-state index contributed by atoms with van der Waals surface area (Å²) in [6.07, 6.45) is 0. The van der Waals surface area contributed by atoms with Gasteiger partial charge in [-0.2, -0.15) is 0 Å². The molecule has 0 radical (unpaired) electrons. The summed E-state index contributed by atoms with van der Waals surface area (Å²) < 4.78 is 27.9. The number of hydrogen-bond acceptors (Lipinski definition) is 2. The van der Waals surface area contributed by atoms with Gasteiger partial charge < -0.3 is 0 Å². The summed E-state index contributed by atoms with van der Waals surface area (Å²) in [5.41, 5.74) is 2.37. The minimum atomic E-state index is -3.74. The van der Waals surface area contributed by atoms with Crippen molar-refractivity contribution in [1.29, 1.82) is 0 Å². The van der Waals surface area contributed by atoms with Gasteiger partial charge in [0, 0.05) is 5.02 Å². The largest absolute Gasteiger partial charge is 0.264 e. The van der Waals surface area contributed by atoms with Crippen molar-refractivity contribution in [2.24, 2.45) is 0 Å². The van der Waals surface area contributed by atoms with Crippen molar-refractivity contribution in [1.82, 2.24) is 0 Å². The lowest BCUT2D eigenvalue weighted by molar-refractivity contribution is 0.590. The Hall–Kier alpha value is -2.30. The first kappa shape index (κ1) is 17.5. The molecule has 3 nitrogen and oxygen atoms in total. The van der Waals surface area contributed by atoms with Crippen LogP contribution in [0.25, 0.3) is 0 Å². The molecule has 0 atom stereocenters. The van der Waals surface area contributed by atoms with Gasteiger partial charge in [0.2, 0.25) is 0 Å². The van der Waals surface area contributed by atoms with Crippen LogP contribution in [0.2, 0.25) is 5.02 Å². The second-order valence-corrected chi connectivity index (χ2v) is 8.01. The molecule has 0 spiro atoms. The van der Waals surface area contributed by atoms with Gasteiger partial charge in [0.1, 0.15) is 0 Å². The van der Waals surface area contributed by atoms with E-state index in [0.29, 0.717) is 10.7 Å². The van der Waals surface area contributed by atoms with Gasteiger partial charge in [-0.3, -0.25) is 4.31 Å². The molecule has 0 saturated carbocycles. The van der Waals surface area contributed by atoms with Crippen molar-refractivity contribution < 1.29 is 8.42 Å². The van der Waals surface area contributed by atoms with Crippen molar-refractivity contribution in [3.05, 3.63) is 95.0 Å². The van der Waals surface area contributed by atoms with Crippen LogP contribution in [-0.2, 0) is 16.6 Å². The van der Waals surface area contributed by atoms with E-state index in [1.165, 1.54) is 10.4 Å². The highest BCUT2D eigenvalue weighted by Crippen LogP contribution is 2.28. The van der Waals surface area contributed by atoms with Crippen LogP contribution in [0.3, 0.4) is 0 Å². The van der Waals surface area contributed by atoms with Gasteiger partial charge in [0.05, 0.1) is 17.1 Å². The van der Waals surface area contributed by atoms with Crippen LogP contribution in [0.5, 0.6) is 0 Å². The van der Waals surface area contributed by atoms with E-state index in [1.807, 2.05) is 55.5 Å². The van der Waals surface area contributed by atoms with E-state index in [-0.39, 0.29) is 11.4 Å². The molecular formula is C20H18ClNO2S. The van der Waals surface area contributed by atoms with Crippen LogP contribution in [0, 0.1) is 6.92 Å². The van der Waals surface area contributed by atoms with Crippen LogP contribution in [0.1, 0.15) is 11.1 Å². The van der Waals surface area contributed by atoms with E-state index in [9.17, 15) is 8.42 Å². The fraction of sp³-hybridized carbons (Fsp3) is 0.100. The molecule has 0 aliphatic heterocycles. The highest BCUT2D eigenvalue weighted by atomic mass is 35.5. The zero-order valence-corrected chi connectivity index (χ0v) is 15.3. The minimum absolute atomic E-state index is 0.183. The fourth-order valence-corrected chi connectivity index (χ4v) is 4.24. The molecule has 0 bridgehead atoms. The molecule has 5 heteroatoms. The summed E-state index contributed by atoms with van der Waals surface area (Å²) in [4.78, 5) is 0.183. The molecule has 3 rings (SSSR count). The van der Waals surface area contributed by atoms with E-state index < -0.39 is 10.0 Å². The Labute approximate surface area is 153 Å². The Bertz CT molecular complexity index is 958. The topological polar surface area (TPSA) is 37.4 Å². The predicted molar refractivity (Wildman–Crippen MR) is 102 cm³/mol. The van der Waals surface area contributed by atoms with E-state index in [1.54, 1.807) is 24.3 Å². The van der Waals surface area contributed by atoms with Crippen LogP contribution in [0.15, 0.2) is 83.8 Å². The molecule has 0 aliphatic carbocycles. The molecule has 0 aromatic heterocycles. The molecular weight excluding hydrogens is 354 g/mol. The molecule has 25 heavy (non-hydrogen) atoms. The van der Waals surface area contributed by atoms with Gasteiger partial charge in [-0.15, -0.1) is 0 Å². The van der Waals surface area contributed by atoms with Crippen molar-refractivity contribution in [2.75, 3.05) is 4.31 Å². The molecule has 3 aromatic carbocycles. The average molecular weight is 372 g/mol. The standard InChI is InChI=1S/C20H18ClNO2S/c1-16-12-13-19(14-20(16)21)25(23,24)22(18-10-6-3-7-11-18)15-17-8-4-2-5-9-17/h2-14H,15H2,1H3. The number of halogens is 1. The number of nitrogens with zero attached hydrogens (tertiary/aromatic N) is 1. The fourth-order valence-electron chi connectivity index (χ4n) is 2.52. The normalized spacial score (nSPS) is 11.3. The summed E-state index contributed by atoms with van der Waals surface area (Å²) in [6, 6.07) is 23.4. The number of benzene rings is 3. The summed E-state index contributed by atoms with van der Waals surface area (Å²) >= 11 is 6.15. The third-order valence-corrected chi connectivity index (χ3v) is 6.12. The molecule has 3 aromatic rings. The monoisotopic (exact) mass is 371 g/mol.